The molecule has 2 aliphatic rings. The van der Waals surface area contributed by atoms with Gasteiger partial charge in [0.05, 0.1) is 5.56 Å². The third kappa shape index (κ3) is 5.81. The number of aromatic hydroxyl groups is 8. The largest absolute Gasteiger partial charge is 0.508 e. The van der Waals surface area contributed by atoms with E-state index in [0.717, 1.165) is 24.3 Å². The number of esters is 1. The van der Waals surface area contributed by atoms with Crippen LogP contribution < -0.4 is 4.74 Å². The molecule has 1 aliphatic heterocycles. The first-order valence-corrected chi connectivity index (χ1v) is 16.3. The zero-order valence-electron chi connectivity index (χ0n) is 28.3. The summed E-state index contributed by atoms with van der Waals surface area (Å²) in [4.78, 5) is 43.2. The van der Waals surface area contributed by atoms with Crippen LogP contribution in [0.3, 0.4) is 0 Å². The molecule has 1 heterocycles. The van der Waals surface area contributed by atoms with Crippen LogP contribution in [-0.4, -0.2) is 58.4 Å². The van der Waals surface area contributed by atoms with Crippen molar-refractivity contribution in [1.82, 2.24) is 0 Å². The maximum Gasteiger partial charge on any atom is 0.330 e. The van der Waals surface area contributed by atoms with E-state index >= 15 is 0 Å². The van der Waals surface area contributed by atoms with Gasteiger partial charge in [-0.2, -0.15) is 0 Å². The van der Waals surface area contributed by atoms with Crippen molar-refractivity contribution < 1.29 is 60.0 Å². The molecule has 0 aromatic heterocycles. The highest BCUT2D eigenvalue weighted by Crippen LogP contribution is 2.56. The lowest BCUT2D eigenvalue weighted by molar-refractivity contribution is -0.139. The number of rotatable bonds is 7. The van der Waals surface area contributed by atoms with Crippen LogP contribution in [0.25, 0.3) is 0 Å². The molecule has 268 valence electrons. The number of carbonyl (C=O) groups excluding carboxylic acids is 3. The van der Waals surface area contributed by atoms with E-state index in [-0.39, 0.29) is 58.1 Å². The smallest absolute Gasteiger partial charge is 0.330 e. The van der Waals surface area contributed by atoms with E-state index in [4.69, 9.17) is 4.74 Å². The summed E-state index contributed by atoms with van der Waals surface area (Å²) in [7, 11) is 0. The quantitative estimate of drug-likeness (QED) is 0.0341. The van der Waals surface area contributed by atoms with Gasteiger partial charge in [-0.15, -0.1) is 0 Å². The number of phenols is 8. The summed E-state index contributed by atoms with van der Waals surface area (Å²) >= 11 is 0. The molecular weight excluding hydrogens is 672 g/mol. The lowest BCUT2D eigenvalue weighted by atomic mass is 9.64. The van der Waals surface area contributed by atoms with Crippen molar-refractivity contribution in [2.75, 3.05) is 0 Å². The van der Waals surface area contributed by atoms with Gasteiger partial charge in [0.15, 0.2) is 17.0 Å². The SMILES string of the molecule is CC(C)=CC[C@]1(c2ccc(O)cc2O)C(=O)Oc2cc(O)c([C@H]3C=C(C)C[C@@H](c4ccc(O)cc4O)[C@H]3C(=O)c3ccc(O)cc3O)c(O)c2C1=O. The van der Waals surface area contributed by atoms with Crippen molar-refractivity contribution in [3.63, 3.8) is 0 Å². The fourth-order valence-electron chi connectivity index (χ4n) is 7.39. The number of carbonyl (C=O) groups is 3. The van der Waals surface area contributed by atoms with Crippen LogP contribution >= 0.6 is 0 Å². The Balaban J connectivity index is 1.60. The molecule has 0 spiro atoms. The summed E-state index contributed by atoms with van der Waals surface area (Å²) in [5.74, 6) is -10.5. The van der Waals surface area contributed by atoms with E-state index in [0.29, 0.717) is 11.1 Å². The van der Waals surface area contributed by atoms with Crippen LogP contribution in [0.4, 0.5) is 0 Å². The van der Waals surface area contributed by atoms with Crippen LogP contribution in [0.15, 0.2) is 84.0 Å². The Bertz CT molecular complexity index is 2230. The summed E-state index contributed by atoms with van der Waals surface area (Å²) in [5, 5.41) is 86.2. The van der Waals surface area contributed by atoms with E-state index in [1.165, 1.54) is 36.4 Å². The molecule has 4 atom stereocenters. The fourth-order valence-corrected chi connectivity index (χ4v) is 7.39. The molecule has 4 aromatic rings. The van der Waals surface area contributed by atoms with Gasteiger partial charge in [0, 0.05) is 53.1 Å². The third-order valence-corrected chi connectivity index (χ3v) is 9.83. The monoisotopic (exact) mass is 708 g/mol. The second-order valence-electron chi connectivity index (χ2n) is 13.5. The van der Waals surface area contributed by atoms with Crippen molar-refractivity contribution >= 4 is 17.5 Å². The summed E-state index contributed by atoms with van der Waals surface area (Å²) < 4.78 is 5.62. The molecule has 0 amide bonds. The highest BCUT2D eigenvalue weighted by atomic mass is 16.5. The first-order valence-electron chi connectivity index (χ1n) is 16.3. The fraction of sp³-hybridized carbons (Fsp3) is 0.225. The van der Waals surface area contributed by atoms with Gasteiger partial charge >= 0.3 is 5.97 Å². The number of hydrogen-bond acceptors (Lipinski definition) is 12. The van der Waals surface area contributed by atoms with Gasteiger partial charge in [0.25, 0.3) is 0 Å². The van der Waals surface area contributed by atoms with E-state index in [1.54, 1.807) is 32.9 Å². The van der Waals surface area contributed by atoms with Crippen LogP contribution in [0.2, 0.25) is 0 Å². The van der Waals surface area contributed by atoms with Crippen LogP contribution in [0.1, 0.15) is 82.9 Å². The lowest BCUT2D eigenvalue weighted by Crippen LogP contribution is -2.49. The van der Waals surface area contributed by atoms with Crippen molar-refractivity contribution in [2.24, 2.45) is 5.92 Å². The van der Waals surface area contributed by atoms with Gasteiger partial charge in [-0.3, -0.25) is 14.4 Å². The molecule has 0 bridgehead atoms. The number of benzene rings is 4. The van der Waals surface area contributed by atoms with E-state index < -0.39 is 75.0 Å². The molecule has 6 rings (SSSR count). The Labute approximate surface area is 297 Å². The average molecular weight is 709 g/mol. The van der Waals surface area contributed by atoms with Gasteiger partial charge in [-0.1, -0.05) is 35.4 Å². The molecule has 52 heavy (non-hydrogen) atoms. The van der Waals surface area contributed by atoms with E-state index in [2.05, 4.69) is 0 Å². The molecule has 4 aromatic carbocycles. The van der Waals surface area contributed by atoms with Gasteiger partial charge in [0.1, 0.15) is 57.3 Å². The minimum atomic E-state index is -2.25. The molecule has 0 fully saturated rings. The second-order valence-corrected chi connectivity index (χ2v) is 13.5. The van der Waals surface area contributed by atoms with Crippen molar-refractivity contribution in [1.29, 1.82) is 0 Å². The van der Waals surface area contributed by atoms with E-state index in [1.807, 2.05) is 0 Å². The molecule has 1 aliphatic carbocycles. The first-order chi connectivity index (χ1) is 24.5. The number of hydrogen-bond donors (Lipinski definition) is 8. The summed E-state index contributed by atoms with van der Waals surface area (Å²) in [6.07, 6.45) is 3.05. The van der Waals surface area contributed by atoms with Crippen molar-refractivity contribution in [3.05, 3.63) is 112 Å². The van der Waals surface area contributed by atoms with Gasteiger partial charge < -0.3 is 45.6 Å². The lowest BCUT2D eigenvalue weighted by Gasteiger charge is -2.39. The molecule has 12 nitrogen and oxygen atoms in total. The standard InChI is InChI=1S/C40H36O12/c1-18(2)10-11-40(27-9-6-22(43)16-30(27)46)38(50)35-32(52-39(40)51)17-31(47)34(37(35)49)26-13-19(3)12-25(23-7-4-20(41)14-28(23)44)33(26)36(48)24-8-5-21(42)15-29(24)45/h4-10,13-17,25-26,33,41-47,49H,11-12H2,1-3H3/t25-,26-,33+,40+/m0/s1. The zero-order chi connectivity index (χ0) is 37.8. The second kappa shape index (κ2) is 13.0. The molecular formula is C40H36O12. The highest BCUT2D eigenvalue weighted by molar-refractivity contribution is 6.23. The minimum absolute atomic E-state index is 0.180. The Morgan fingerprint density at radius 1 is 0.808 bits per heavy atom. The Hall–Kier alpha value is -6.43. The highest BCUT2D eigenvalue weighted by Gasteiger charge is 2.56. The molecule has 0 saturated heterocycles. The molecule has 8 N–H and O–H groups in total. The number of fused-ring (bicyclic) bond motifs is 1. The van der Waals surface area contributed by atoms with Crippen molar-refractivity contribution in [3.8, 4) is 51.7 Å². The number of phenolic OH excluding ortho intramolecular Hbond substituents is 8. The third-order valence-electron chi connectivity index (χ3n) is 9.83. The summed E-state index contributed by atoms with van der Waals surface area (Å²) in [6.45, 7) is 5.19. The minimum Gasteiger partial charge on any atom is -0.508 e. The molecule has 0 unspecified atom stereocenters. The Morgan fingerprint density at radius 3 is 2.04 bits per heavy atom. The van der Waals surface area contributed by atoms with Crippen LogP contribution in [0, 0.1) is 5.92 Å². The summed E-state index contributed by atoms with van der Waals surface area (Å²) in [6, 6.07) is 11.6. The number of Topliss-reactive ketones (excluding diaryl/α,β-unsaturated/α-hetero) is 2. The van der Waals surface area contributed by atoms with Gasteiger partial charge in [0.2, 0.25) is 0 Å². The Morgan fingerprint density at radius 2 is 1.42 bits per heavy atom. The average Bonchev–Trinajstić information content (AvgIpc) is 3.04. The maximum atomic E-state index is 14.8. The first kappa shape index (κ1) is 35.4. The maximum absolute atomic E-state index is 14.8. The van der Waals surface area contributed by atoms with E-state index in [9.17, 15) is 55.2 Å². The van der Waals surface area contributed by atoms with Crippen LogP contribution in [0.5, 0.6) is 51.7 Å². The predicted molar refractivity (Wildman–Crippen MR) is 186 cm³/mol. The van der Waals surface area contributed by atoms with Gasteiger partial charge in [-0.25, -0.2) is 0 Å². The predicted octanol–water partition coefficient (Wildman–Crippen LogP) is 6.44. The topological polar surface area (TPSA) is 222 Å². The van der Waals surface area contributed by atoms with Crippen LogP contribution in [-0.2, 0) is 10.2 Å². The number of ketones is 2. The number of ether oxygens (including phenoxy) is 1. The number of allylic oxidation sites excluding steroid dienone is 4. The normalized spacial score (nSPS) is 21.1. The summed E-state index contributed by atoms with van der Waals surface area (Å²) in [5.41, 5.74) is -1.88. The molecule has 0 radical (unpaired) electrons. The Kier molecular flexibility index (Phi) is 8.87. The zero-order valence-corrected chi connectivity index (χ0v) is 28.3. The van der Waals surface area contributed by atoms with Gasteiger partial charge in [-0.05, 0) is 63.4 Å². The molecule has 0 saturated carbocycles. The molecule has 12 heteroatoms. The van der Waals surface area contributed by atoms with Crippen molar-refractivity contribution in [2.45, 2.75) is 50.9 Å².